The zero-order chi connectivity index (χ0) is 30.6. The van der Waals surface area contributed by atoms with E-state index in [1.165, 1.54) is 0 Å². The second kappa shape index (κ2) is 16.0. The summed E-state index contributed by atoms with van der Waals surface area (Å²) in [6.07, 6.45) is 0. The summed E-state index contributed by atoms with van der Waals surface area (Å²) in [4.78, 5) is 36.6. The number of nitrogens with two attached hydrogens (primary N) is 2. The predicted octanol–water partition coefficient (Wildman–Crippen LogP) is 6.04. The first-order valence-corrected chi connectivity index (χ1v) is 12.5. The lowest BCUT2D eigenvalue weighted by molar-refractivity contribution is 0.0685. The number of nitrogen functional groups attached to an aromatic ring is 2. The van der Waals surface area contributed by atoms with Crippen molar-refractivity contribution >= 4 is 46.8 Å². The first-order valence-electron chi connectivity index (χ1n) is 11.8. The maximum atomic E-state index is 10.4. The normalized spacial score (nSPS) is 9.60. The summed E-state index contributed by atoms with van der Waals surface area (Å²) in [5, 5.41) is 18.0. The van der Waals surface area contributed by atoms with Gasteiger partial charge in [0.1, 0.15) is 33.3 Å². The smallest absolute Gasteiger partial charge is 0.335 e. The van der Waals surface area contributed by atoms with E-state index in [1.807, 2.05) is 12.1 Å². The molecule has 2 heterocycles. The van der Waals surface area contributed by atoms with Crippen LogP contribution < -0.4 is 11.5 Å². The number of benzene rings is 2. The molecule has 40 heavy (non-hydrogen) atoms. The molecule has 2 aromatic heterocycles. The molecule has 10 nitrogen and oxygen atoms in total. The number of carboxylic acids is 2. The minimum Gasteiger partial charge on any atom is -0.478 e. The molecule has 0 aliphatic rings. The van der Waals surface area contributed by atoms with Crippen LogP contribution in [-0.4, -0.2) is 42.1 Å². The molecule has 6 N–H and O–H groups in total. The van der Waals surface area contributed by atoms with E-state index < -0.39 is 11.9 Å². The van der Waals surface area contributed by atoms with Crippen molar-refractivity contribution in [2.75, 3.05) is 11.5 Å². The molecule has 2 aromatic carbocycles. The minimum atomic E-state index is -0.863. The van der Waals surface area contributed by atoms with Crippen molar-refractivity contribution in [1.29, 1.82) is 0 Å². The van der Waals surface area contributed by atoms with Crippen LogP contribution in [0, 0.1) is 41.5 Å². The summed E-state index contributed by atoms with van der Waals surface area (Å²) in [6.45, 7) is 10.7. The van der Waals surface area contributed by atoms with Gasteiger partial charge in [0, 0.05) is 0 Å². The molecule has 0 atom stereocenters. The van der Waals surface area contributed by atoms with Gasteiger partial charge in [-0.3, -0.25) is 0 Å². The Morgan fingerprint density at radius 3 is 1.12 bits per heavy atom. The van der Waals surface area contributed by atoms with E-state index in [0.717, 1.165) is 22.5 Å². The van der Waals surface area contributed by atoms with E-state index in [1.54, 1.807) is 77.9 Å². The number of halogens is 2. The fourth-order valence-corrected chi connectivity index (χ4v) is 3.25. The lowest BCUT2D eigenvalue weighted by atomic mass is 10.1. The number of carboxylic acid groups (broad SMARTS) is 2. The van der Waals surface area contributed by atoms with Crippen LogP contribution in [0.4, 0.5) is 11.6 Å². The largest absolute Gasteiger partial charge is 0.478 e. The van der Waals surface area contributed by atoms with Gasteiger partial charge in [-0.15, -0.1) is 0 Å². The molecule has 4 aromatic rings. The van der Waals surface area contributed by atoms with Crippen molar-refractivity contribution in [1.82, 2.24) is 19.9 Å². The Kier molecular flexibility index (Phi) is 13.5. The molecule has 0 saturated carbocycles. The lowest BCUT2D eigenvalue weighted by Crippen LogP contribution is -1.98. The van der Waals surface area contributed by atoms with Gasteiger partial charge in [-0.1, -0.05) is 59.6 Å². The average molecular weight is 588 g/mol. The van der Waals surface area contributed by atoms with Crippen molar-refractivity contribution in [2.45, 2.75) is 41.5 Å². The van der Waals surface area contributed by atoms with Crippen molar-refractivity contribution in [3.05, 3.63) is 104 Å². The Labute approximate surface area is 243 Å². The van der Waals surface area contributed by atoms with E-state index >= 15 is 0 Å². The van der Waals surface area contributed by atoms with E-state index in [0.29, 0.717) is 44.5 Å². The number of aryl methyl sites for hydroxylation is 6. The maximum Gasteiger partial charge on any atom is 0.335 e. The van der Waals surface area contributed by atoms with Gasteiger partial charge in [-0.05, 0) is 64.8 Å². The maximum absolute atomic E-state index is 10.4. The van der Waals surface area contributed by atoms with E-state index in [-0.39, 0.29) is 0 Å². The number of rotatable bonds is 2. The van der Waals surface area contributed by atoms with Crippen molar-refractivity contribution < 1.29 is 19.8 Å². The van der Waals surface area contributed by atoms with Gasteiger partial charge >= 0.3 is 11.9 Å². The highest BCUT2D eigenvalue weighted by Gasteiger charge is 2.05. The fourth-order valence-electron chi connectivity index (χ4n) is 3.08. The molecule has 4 rings (SSSR count). The summed E-state index contributed by atoms with van der Waals surface area (Å²) < 4.78 is 0. The standard InChI is InChI=1S/2C8H8O2.2C6H8ClN3/c2*1-6-4-2-3-5-7(6)8(9)10;2*1-3-5(7)6(8)10-4(2)9-3/h2*2-5H,1H3,(H,9,10);2*1-2H3,(H2,8,9,10). The summed E-state index contributed by atoms with van der Waals surface area (Å²) >= 11 is 11.4. The van der Waals surface area contributed by atoms with Crippen LogP contribution in [0.15, 0.2) is 48.5 Å². The number of aromatic carboxylic acids is 2. The third-order valence-electron chi connectivity index (χ3n) is 5.06. The van der Waals surface area contributed by atoms with Gasteiger partial charge in [0.2, 0.25) is 0 Å². The van der Waals surface area contributed by atoms with Gasteiger partial charge in [-0.25, -0.2) is 29.5 Å². The highest BCUT2D eigenvalue weighted by Crippen LogP contribution is 2.19. The molecular weight excluding hydrogens is 555 g/mol. The topological polar surface area (TPSA) is 178 Å². The lowest BCUT2D eigenvalue weighted by Gasteiger charge is -2.00. The van der Waals surface area contributed by atoms with Gasteiger partial charge in [0.15, 0.2) is 0 Å². The zero-order valence-corrected chi connectivity index (χ0v) is 24.5. The first kappa shape index (κ1) is 33.7. The Morgan fingerprint density at radius 1 is 0.600 bits per heavy atom. The molecule has 0 amide bonds. The van der Waals surface area contributed by atoms with Crippen molar-refractivity contribution in [3.63, 3.8) is 0 Å². The second-order valence-corrected chi connectivity index (χ2v) is 9.11. The van der Waals surface area contributed by atoms with Crippen LogP contribution >= 0.6 is 23.2 Å². The molecule has 212 valence electrons. The number of anilines is 2. The van der Waals surface area contributed by atoms with E-state index in [4.69, 9.17) is 44.9 Å². The molecule has 0 aliphatic carbocycles. The third-order valence-corrected chi connectivity index (χ3v) is 5.99. The average Bonchev–Trinajstić information content (AvgIpc) is 2.87. The Balaban J connectivity index is 0.000000267. The van der Waals surface area contributed by atoms with E-state index in [2.05, 4.69) is 19.9 Å². The number of carbonyl (C=O) groups is 2. The number of hydrogen-bond donors (Lipinski definition) is 4. The number of aromatic nitrogens is 4. The van der Waals surface area contributed by atoms with Crippen molar-refractivity contribution in [2.24, 2.45) is 0 Å². The molecule has 0 bridgehead atoms. The first-order chi connectivity index (χ1) is 18.6. The molecule has 0 unspecified atom stereocenters. The molecular formula is C28H32Cl2N6O4. The SMILES string of the molecule is Cc1ccccc1C(=O)O.Cc1ccccc1C(=O)O.Cc1nc(C)c(Cl)c(N)n1.Cc1nc(C)c(Cl)c(N)n1. The van der Waals surface area contributed by atoms with Gasteiger partial charge in [-0.2, -0.15) is 0 Å². The van der Waals surface area contributed by atoms with E-state index in [9.17, 15) is 9.59 Å². The zero-order valence-electron chi connectivity index (χ0n) is 23.0. The molecule has 12 heteroatoms. The van der Waals surface area contributed by atoms with Crippen molar-refractivity contribution in [3.8, 4) is 0 Å². The Bertz CT molecular complexity index is 1320. The van der Waals surface area contributed by atoms with Crippen LogP contribution in [0.5, 0.6) is 0 Å². The summed E-state index contributed by atoms with van der Waals surface area (Å²) in [5.74, 6) is 0.285. The monoisotopic (exact) mass is 586 g/mol. The van der Waals surface area contributed by atoms with Crippen LogP contribution in [0.3, 0.4) is 0 Å². The van der Waals surface area contributed by atoms with Crippen LogP contribution in [0.1, 0.15) is 54.9 Å². The van der Waals surface area contributed by atoms with Crippen LogP contribution in [0.25, 0.3) is 0 Å². The highest BCUT2D eigenvalue weighted by molar-refractivity contribution is 6.33. The molecule has 0 saturated heterocycles. The summed E-state index contributed by atoms with van der Waals surface area (Å²) in [5.41, 5.74) is 14.7. The van der Waals surface area contributed by atoms with Crippen LogP contribution in [0.2, 0.25) is 10.0 Å². The summed E-state index contributed by atoms with van der Waals surface area (Å²) in [6, 6.07) is 13.8. The van der Waals surface area contributed by atoms with Gasteiger partial charge < -0.3 is 21.7 Å². The van der Waals surface area contributed by atoms with Gasteiger partial charge in [0.05, 0.1) is 22.5 Å². The van der Waals surface area contributed by atoms with Crippen LogP contribution in [-0.2, 0) is 0 Å². The Hall–Kier alpha value is -4.28. The fraction of sp³-hybridized carbons (Fsp3) is 0.214. The second-order valence-electron chi connectivity index (χ2n) is 8.35. The third kappa shape index (κ3) is 10.8. The van der Waals surface area contributed by atoms with Gasteiger partial charge in [0.25, 0.3) is 0 Å². The highest BCUT2D eigenvalue weighted by atomic mass is 35.5. The summed E-state index contributed by atoms with van der Waals surface area (Å²) in [7, 11) is 0. The molecule has 0 spiro atoms. The molecule has 0 aliphatic heterocycles. The molecule has 0 radical (unpaired) electrons. The number of nitrogens with zero attached hydrogens (tertiary/aromatic N) is 4. The Morgan fingerprint density at radius 2 is 0.900 bits per heavy atom. The predicted molar refractivity (Wildman–Crippen MR) is 158 cm³/mol. The molecule has 0 fully saturated rings. The minimum absolute atomic E-state index is 0.353. The number of hydrogen-bond acceptors (Lipinski definition) is 8. The quantitative estimate of drug-likeness (QED) is 0.216.